The van der Waals surface area contributed by atoms with Gasteiger partial charge in [-0.25, -0.2) is 13.6 Å². The molecule has 0 fully saturated rings. The van der Waals surface area contributed by atoms with Crippen molar-refractivity contribution in [3.8, 4) is 11.5 Å². The maximum absolute atomic E-state index is 12.4. The van der Waals surface area contributed by atoms with Crippen molar-refractivity contribution in [2.24, 2.45) is 11.1 Å². The van der Waals surface area contributed by atoms with Crippen LogP contribution in [-0.2, 0) is 26.8 Å². The molecule has 8 heteroatoms. The van der Waals surface area contributed by atoms with Crippen molar-refractivity contribution in [1.29, 1.82) is 0 Å². The average molecular weight is 555 g/mol. The number of nitrogens with one attached hydrogen (secondary N) is 1. The molecule has 0 saturated heterocycles. The summed E-state index contributed by atoms with van der Waals surface area (Å²) in [5.74, 6) is 1.68. The summed E-state index contributed by atoms with van der Waals surface area (Å²) in [6, 6.07) is 10.2. The van der Waals surface area contributed by atoms with Crippen LogP contribution in [0.1, 0.15) is 95.8 Å². The molecule has 0 radical (unpaired) electrons. The molecule has 2 atom stereocenters. The van der Waals surface area contributed by atoms with Gasteiger partial charge in [-0.15, -0.1) is 0 Å². The topological polar surface area (TPSA) is 119 Å². The summed E-state index contributed by atoms with van der Waals surface area (Å²) >= 11 is 0. The molecule has 2 aliphatic rings. The van der Waals surface area contributed by atoms with Crippen LogP contribution in [0.3, 0.4) is 0 Å². The minimum atomic E-state index is -3.73. The van der Waals surface area contributed by atoms with E-state index in [1.54, 1.807) is 12.1 Å². The SMILES string of the molecule is CC1=CC[C@@H]2[C@@H](C1)c1c(O)cc(C(C)(C)CCCCC(=O)NCc3ccc(S(N)(=O)=O)cc3)cc1OC2(C)C. The number of hydrogen-bond acceptors (Lipinski definition) is 5. The van der Waals surface area contributed by atoms with Gasteiger partial charge in [0.1, 0.15) is 17.1 Å². The van der Waals surface area contributed by atoms with Crippen molar-refractivity contribution in [2.75, 3.05) is 0 Å². The molecule has 2 aromatic rings. The first-order valence-electron chi connectivity index (χ1n) is 13.8. The van der Waals surface area contributed by atoms with E-state index in [4.69, 9.17) is 9.88 Å². The maximum Gasteiger partial charge on any atom is 0.238 e. The Morgan fingerprint density at radius 2 is 1.87 bits per heavy atom. The van der Waals surface area contributed by atoms with Crippen LogP contribution >= 0.6 is 0 Å². The number of allylic oxidation sites excluding steroid dienone is 2. The fourth-order valence-electron chi connectivity index (χ4n) is 6.04. The number of ether oxygens (including phenoxy) is 1. The predicted octanol–water partition coefficient (Wildman–Crippen LogP) is 5.80. The molecule has 0 bridgehead atoms. The number of carbonyl (C=O) groups excluding carboxylic acids is 1. The molecular formula is C31H42N2O5S. The zero-order chi connectivity index (χ0) is 28.6. The zero-order valence-corrected chi connectivity index (χ0v) is 24.5. The molecular weight excluding hydrogens is 512 g/mol. The molecule has 39 heavy (non-hydrogen) atoms. The summed E-state index contributed by atoms with van der Waals surface area (Å²) < 4.78 is 29.3. The van der Waals surface area contributed by atoms with Crippen LogP contribution in [0.25, 0.3) is 0 Å². The Balaban J connectivity index is 1.32. The number of amides is 1. The number of benzene rings is 2. The smallest absolute Gasteiger partial charge is 0.238 e. The molecule has 0 unspecified atom stereocenters. The number of fused-ring (bicyclic) bond motifs is 3. The van der Waals surface area contributed by atoms with Crippen LogP contribution in [0.2, 0.25) is 0 Å². The Morgan fingerprint density at radius 1 is 1.18 bits per heavy atom. The Kier molecular flexibility index (Phi) is 8.20. The average Bonchev–Trinajstić information content (AvgIpc) is 2.84. The van der Waals surface area contributed by atoms with E-state index in [1.165, 1.54) is 17.7 Å². The number of sulfonamides is 1. The predicted molar refractivity (Wildman–Crippen MR) is 153 cm³/mol. The molecule has 7 nitrogen and oxygen atoms in total. The van der Waals surface area contributed by atoms with Gasteiger partial charge in [0.05, 0.1) is 4.90 Å². The standard InChI is InChI=1S/C31H42N2O5S/c1-20-9-14-25-24(16-20)29-26(34)17-22(18-27(29)38-31(25,4)5)30(2,3)15-7-6-8-28(35)33-19-21-10-12-23(13-11-21)39(32,36)37/h9-13,17-18,24-25,34H,6-8,14-16,19H2,1-5H3,(H,33,35)(H2,32,36,37)/t24-,25-/m1/s1. The van der Waals surface area contributed by atoms with E-state index in [1.807, 2.05) is 6.07 Å². The number of nitrogens with two attached hydrogens (primary N) is 1. The lowest BCUT2D eigenvalue weighted by atomic mass is 9.66. The lowest BCUT2D eigenvalue weighted by Crippen LogP contribution is -2.45. The highest BCUT2D eigenvalue weighted by atomic mass is 32.2. The second-order valence-electron chi connectivity index (χ2n) is 12.4. The number of aromatic hydroxyl groups is 1. The van der Waals surface area contributed by atoms with Crippen LogP contribution in [0, 0.1) is 5.92 Å². The van der Waals surface area contributed by atoms with E-state index < -0.39 is 10.0 Å². The van der Waals surface area contributed by atoms with Crippen LogP contribution in [-0.4, -0.2) is 25.0 Å². The highest BCUT2D eigenvalue weighted by Gasteiger charge is 2.46. The molecule has 1 aliphatic heterocycles. The molecule has 4 N–H and O–H groups in total. The van der Waals surface area contributed by atoms with E-state index in [9.17, 15) is 18.3 Å². The van der Waals surface area contributed by atoms with Gasteiger partial charge in [-0.05, 0) is 87.3 Å². The third-order valence-corrected chi connectivity index (χ3v) is 9.41. The third-order valence-electron chi connectivity index (χ3n) is 8.48. The second kappa shape index (κ2) is 11.0. The molecule has 4 rings (SSSR count). The van der Waals surface area contributed by atoms with Crippen molar-refractivity contribution in [1.82, 2.24) is 5.32 Å². The molecule has 0 saturated carbocycles. The lowest BCUT2D eigenvalue weighted by molar-refractivity contribution is -0.121. The Hall–Kier alpha value is -2.84. The summed E-state index contributed by atoms with van der Waals surface area (Å²) in [5.41, 5.74) is 3.67. The normalized spacial score (nSPS) is 20.3. The first kappa shape index (κ1) is 29.2. The summed E-state index contributed by atoms with van der Waals surface area (Å²) in [4.78, 5) is 12.4. The van der Waals surface area contributed by atoms with Crippen LogP contribution in [0.4, 0.5) is 0 Å². The quantitative estimate of drug-likeness (QED) is 0.267. The number of phenolic OH excluding ortho intramolecular Hbond substituents is 1. The molecule has 0 aromatic heterocycles. The lowest BCUT2D eigenvalue weighted by Gasteiger charge is -2.47. The van der Waals surface area contributed by atoms with Gasteiger partial charge in [0.15, 0.2) is 0 Å². The number of rotatable bonds is 9. The number of phenols is 1. The van der Waals surface area contributed by atoms with Gasteiger partial charge in [-0.3, -0.25) is 4.79 Å². The van der Waals surface area contributed by atoms with Gasteiger partial charge in [-0.1, -0.05) is 44.1 Å². The van der Waals surface area contributed by atoms with Crippen molar-refractivity contribution >= 4 is 15.9 Å². The first-order valence-corrected chi connectivity index (χ1v) is 15.3. The third kappa shape index (κ3) is 6.67. The van der Waals surface area contributed by atoms with Crippen LogP contribution in [0.5, 0.6) is 11.5 Å². The van der Waals surface area contributed by atoms with E-state index in [0.29, 0.717) is 24.6 Å². The van der Waals surface area contributed by atoms with Crippen molar-refractivity contribution in [2.45, 2.75) is 102 Å². The molecule has 0 spiro atoms. The Morgan fingerprint density at radius 3 is 2.54 bits per heavy atom. The van der Waals surface area contributed by atoms with Crippen LogP contribution < -0.4 is 15.2 Å². The van der Waals surface area contributed by atoms with Gasteiger partial charge in [-0.2, -0.15) is 0 Å². The maximum atomic E-state index is 12.4. The van der Waals surface area contributed by atoms with Gasteiger partial charge < -0.3 is 15.2 Å². The summed E-state index contributed by atoms with van der Waals surface area (Å²) in [5, 5.41) is 19.2. The second-order valence-corrected chi connectivity index (χ2v) is 13.9. The molecule has 1 amide bonds. The first-order chi connectivity index (χ1) is 18.2. The van der Waals surface area contributed by atoms with Gasteiger partial charge in [0.2, 0.25) is 15.9 Å². The van der Waals surface area contributed by atoms with Gasteiger partial charge in [0.25, 0.3) is 0 Å². The number of unbranched alkanes of at least 4 members (excludes halogenated alkanes) is 1. The molecule has 212 valence electrons. The van der Waals surface area contributed by atoms with Gasteiger partial charge in [0, 0.05) is 30.4 Å². The largest absolute Gasteiger partial charge is 0.508 e. The van der Waals surface area contributed by atoms with Crippen molar-refractivity contribution < 1.29 is 23.1 Å². The summed E-state index contributed by atoms with van der Waals surface area (Å²) in [7, 11) is -3.73. The molecule has 1 heterocycles. The highest BCUT2D eigenvalue weighted by molar-refractivity contribution is 7.89. The number of carbonyl (C=O) groups is 1. The minimum absolute atomic E-state index is 0.0447. The van der Waals surface area contributed by atoms with E-state index >= 15 is 0 Å². The van der Waals surface area contributed by atoms with Crippen molar-refractivity contribution in [3.05, 3.63) is 64.7 Å². The fraction of sp³-hybridized carbons (Fsp3) is 0.516. The zero-order valence-electron chi connectivity index (χ0n) is 23.7. The van der Waals surface area contributed by atoms with Crippen molar-refractivity contribution in [3.63, 3.8) is 0 Å². The Labute approximate surface area is 232 Å². The summed E-state index contributed by atoms with van der Waals surface area (Å²) in [6.07, 6.45) is 7.11. The number of primary sulfonamides is 1. The van der Waals surface area contributed by atoms with E-state index in [2.05, 4.69) is 52.1 Å². The van der Waals surface area contributed by atoms with Crippen LogP contribution in [0.15, 0.2) is 52.9 Å². The van der Waals surface area contributed by atoms with E-state index in [-0.39, 0.29) is 27.7 Å². The molecule has 1 aliphatic carbocycles. The van der Waals surface area contributed by atoms with Gasteiger partial charge >= 0.3 is 0 Å². The minimum Gasteiger partial charge on any atom is -0.508 e. The monoisotopic (exact) mass is 554 g/mol. The summed E-state index contributed by atoms with van der Waals surface area (Å²) in [6.45, 7) is 11.1. The fourth-order valence-corrected chi connectivity index (χ4v) is 6.55. The van der Waals surface area contributed by atoms with E-state index in [0.717, 1.165) is 54.5 Å². The highest BCUT2D eigenvalue weighted by Crippen LogP contribution is 2.55. The number of hydrogen-bond donors (Lipinski definition) is 3. The Bertz CT molecular complexity index is 1360. The molecule has 2 aromatic carbocycles.